The molecular formula is C17H21N3O. The number of rotatable bonds is 6. The van der Waals surface area contributed by atoms with E-state index in [-0.39, 0.29) is 5.91 Å². The Labute approximate surface area is 125 Å². The molecule has 1 aromatic heterocycles. The molecule has 4 nitrogen and oxygen atoms in total. The smallest absolute Gasteiger partial charge is 0.253 e. The number of carbonyl (C=O) groups is 1. The Morgan fingerprint density at radius 3 is 2.71 bits per heavy atom. The number of pyridine rings is 1. The lowest BCUT2D eigenvalue weighted by molar-refractivity contribution is 0.0951. The van der Waals surface area contributed by atoms with Crippen molar-refractivity contribution in [3.05, 3.63) is 59.4 Å². The monoisotopic (exact) mass is 283 g/mol. The lowest BCUT2D eigenvalue weighted by Crippen LogP contribution is -2.25. The second kappa shape index (κ2) is 7.43. The predicted octanol–water partition coefficient (Wildman–Crippen LogP) is 3.01. The van der Waals surface area contributed by atoms with Gasteiger partial charge < -0.3 is 10.6 Å². The Bertz CT molecular complexity index is 610. The number of anilines is 1. The Hall–Kier alpha value is -2.36. The number of carbonyl (C=O) groups excluding carboxylic acids is 1. The molecule has 0 fully saturated rings. The lowest BCUT2D eigenvalue weighted by Gasteiger charge is -2.12. The molecule has 0 bridgehead atoms. The van der Waals surface area contributed by atoms with Crippen molar-refractivity contribution in [1.29, 1.82) is 0 Å². The normalized spacial score (nSPS) is 10.2. The van der Waals surface area contributed by atoms with Crippen molar-refractivity contribution in [3.8, 4) is 0 Å². The van der Waals surface area contributed by atoms with Gasteiger partial charge in [0.1, 0.15) is 0 Å². The molecule has 1 amide bonds. The van der Waals surface area contributed by atoms with Gasteiger partial charge in [-0.1, -0.05) is 25.1 Å². The number of hydrogen-bond donors (Lipinski definition) is 2. The highest BCUT2D eigenvalue weighted by molar-refractivity contribution is 5.99. The van der Waals surface area contributed by atoms with Crippen LogP contribution in [0.15, 0.2) is 42.6 Å². The molecule has 0 spiro atoms. The molecule has 0 unspecified atom stereocenters. The van der Waals surface area contributed by atoms with Crippen LogP contribution in [-0.2, 0) is 13.0 Å². The second-order valence-electron chi connectivity index (χ2n) is 4.72. The average molecular weight is 283 g/mol. The van der Waals surface area contributed by atoms with E-state index in [1.54, 1.807) is 6.20 Å². The van der Waals surface area contributed by atoms with Gasteiger partial charge in [-0.05, 0) is 37.1 Å². The fourth-order valence-corrected chi connectivity index (χ4v) is 2.24. The van der Waals surface area contributed by atoms with Crippen LogP contribution in [0, 0.1) is 0 Å². The maximum absolute atomic E-state index is 12.3. The first-order chi connectivity index (χ1) is 10.3. The van der Waals surface area contributed by atoms with E-state index in [0.29, 0.717) is 12.1 Å². The molecule has 0 aliphatic carbocycles. The van der Waals surface area contributed by atoms with E-state index in [9.17, 15) is 4.79 Å². The molecule has 21 heavy (non-hydrogen) atoms. The van der Waals surface area contributed by atoms with Gasteiger partial charge in [-0.25, -0.2) is 0 Å². The summed E-state index contributed by atoms with van der Waals surface area (Å²) >= 11 is 0. The van der Waals surface area contributed by atoms with Gasteiger partial charge in [0.25, 0.3) is 5.91 Å². The molecule has 1 aromatic carbocycles. The fraction of sp³-hybridized carbons (Fsp3) is 0.294. The van der Waals surface area contributed by atoms with Gasteiger partial charge in [0.15, 0.2) is 0 Å². The standard InChI is InChI=1S/C17H21N3O/c1-3-13-8-7-11-19-16(13)12-20-17(21)14-9-5-6-10-15(14)18-4-2/h5-11,18H,3-4,12H2,1-2H3,(H,20,21). The second-order valence-corrected chi connectivity index (χ2v) is 4.72. The Balaban J connectivity index is 2.08. The highest BCUT2D eigenvalue weighted by atomic mass is 16.1. The van der Waals surface area contributed by atoms with Crippen LogP contribution in [0.5, 0.6) is 0 Å². The molecule has 0 saturated heterocycles. The predicted molar refractivity (Wildman–Crippen MR) is 85.4 cm³/mol. The lowest BCUT2D eigenvalue weighted by atomic mass is 10.1. The zero-order valence-corrected chi connectivity index (χ0v) is 12.5. The third-order valence-electron chi connectivity index (χ3n) is 3.32. The summed E-state index contributed by atoms with van der Waals surface area (Å²) in [5.74, 6) is -0.0840. The van der Waals surface area contributed by atoms with Crippen molar-refractivity contribution in [1.82, 2.24) is 10.3 Å². The van der Waals surface area contributed by atoms with Crippen molar-refractivity contribution in [3.63, 3.8) is 0 Å². The van der Waals surface area contributed by atoms with Gasteiger partial charge in [-0.3, -0.25) is 9.78 Å². The molecule has 1 heterocycles. The van der Waals surface area contributed by atoms with Gasteiger partial charge in [0.2, 0.25) is 0 Å². The highest BCUT2D eigenvalue weighted by Crippen LogP contribution is 2.15. The zero-order valence-electron chi connectivity index (χ0n) is 12.5. The van der Waals surface area contributed by atoms with E-state index in [1.165, 1.54) is 0 Å². The summed E-state index contributed by atoms with van der Waals surface area (Å²) in [6.07, 6.45) is 2.67. The molecular weight excluding hydrogens is 262 g/mol. The first-order valence-electron chi connectivity index (χ1n) is 7.30. The van der Waals surface area contributed by atoms with Crippen LogP contribution in [-0.4, -0.2) is 17.4 Å². The molecule has 2 rings (SSSR count). The van der Waals surface area contributed by atoms with E-state index in [2.05, 4.69) is 22.5 Å². The third-order valence-corrected chi connectivity index (χ3v) is 3.32. The molecule has 4 heteroatoms. The van der Waals surface area contributed by atoms with Crippen LogP contribution >= 0.6 is 0 Å². The Morgan fingerprint density at radius 2 is 1.95 bits per heavy atom. The zero-order chi connectivity index (χ0) is 15.1. The van der Waals surface area contributed by atoms with E-state index in [4.69, 9.17) is 0 Å². The maximum atomic E-state index is 12.3. The molecule has 0 saturated carbocycles. The fourth-order valence-electron chi connectivity index (χ4n) is 2.24. The van der Waals surface area contributed by atoms with Crippen molar-refractivity contribution in [2.75, 3.05) is 11.9 Å². The van der Waals surface area contributed by atoms with Crippen LogP contribution in [0.1, 0.15) is 35.5 Å². The van der Waals surface area contributed by atoms with Crippen molar-refractivity contribution in [2.24, 2.45) is 0 Å². The number of aryl methyl sites for hydroxylation is 1. The SMILES string of the molecule is CCNc1ccccc1C(=O)NCc1ncccc1CC. The molecule has 2 aromatic rings. The van der Waals surface area contributed by atoms with E-state index in [1.807, 2.05) is 43.3 Å². The molecule has 0 atom stereocenters. The summed E-state index contributed by atoms with van der Waals surface area (Å²) < 4.78 is 0. The number of para-hydroxylation sites is 1. The largest absolute Gasteiger partial charge is 0.385 e. The molecule has 0 radical (unpaired) electrons. The van der Waals surface area contributed by atoms with Crippen LogP contribution in [0.4, 0.5) is 5.69 Å². The van der Waals surface area contributed by atoms with Crippen LogP contribution < -0.4 is 10.6 Å². The number of amides is 1. The van der Waals surface area contributed by atoms with Gasteiger partial charge in [0.05, 0.1) is 17.8 Å². The number of benzene rings is 1. The number of aromatic nitrogens is 1. The summed E-state index contributed by atoms with van der Waals surface area (Å²) in [4.78, 5) is 16.7. The summed E-state index contributed by atoms with van der Waals surface area (Å²) in [6, 6.07) is 11.5. The Kier molecular flexibility index (Phi) is 5.32. The van der Waals surface area contributed by atoms with E-state index in [0.717, 1.165) is 29.9 Å². The van der Waals surface area contributed by atoms with Gasteiger partial charge in [0, 0.05) is 18.4 Å². The summed E-state index contributed by atoms with van der Waals surface area (Å²) in [6.45, 7) is 5.33. The highest BCUT2D eigenvalue weighted by Gasteiger charge is 2.11. The molecule has 0 aliphatic heterocycles. The van der Waals surface area contributed by atoms with Crippen molar-refractivity contribution < 1.29 is 4.79 Å². The number of nitrogens with zero attached hydrogens (tertiary/aromatic N) is 1. The topological polar surface area (TPSA) is 54.0 Å². The van der Waals surface area contributed by atoms with Crippen molar-refractivity contribution >= 4 is 11.6 Å². The number of hydrogen-bond acceptors (Lipinski definition) is 3. The van der Waals surface area contributed by atoms with Gasteiger partial charge in [-0.2, -0.15) is 0 Å². The summed E-state index contributed by atoms with van der Waals surface area (Å²) in [5.41, 5.74) is 3.61. The van der Waals surface area contributed by atoms with Gasteiger partial charge >= 0.3 is 0 Å². The molecule has 110 valence electrons. The summed E-state index contributed by atoms with van der Waals surface area (Å²) in [7, 11) is 0. The van der Waals surface area contributed by atoms with Crippen LogP contribution in [0.25, 0.3) is 0 Å². The first-order valence-corrected chi connectivity index (χ1v) is 7.30. The first kappa shape index (κ1) is 15.0. The summed E-state index contributed by atoms with van der Waals surface area (Å²) in [5, 5.41) is 6.15. The quantitative estimate of drug-likeness (QED) is 0.857. The van der Waals surface area contributed by atoms with E-state index >= 15 is 0 Å². The van der Waals surface area contributed by atoms with Crippen molar-refractivity contribution in [2.45, 2.75) is 26.8 Å². The van der Waals surface area contributed by atoms with Gasteiger partial charge in [-0.15, -0.1) is 0 Å². The molecule has 0 aliphatic rings. The third kappa shape index (κ3) is 3.81. The van der Waals surface area contributed by atoms with E-state index < -0.39 is 0 Å². The van der Waals surface area contributed by atoms with Crippen LogP contribution in [0.2, 0.25) is 0 Å². The molecule has 2 N–H and O–H groups in total. The van der Waals surface area contributed by atoms with Crippen LogP contribution in [0.3, 0.4) is 0 Å². The minimum atomic E-state index is -0.0840. The maximum Gasteiger partial charge on any atom is 0.253 e. The number of nitrogens with one attached hydrogen (secondary N) is 2. The average Bonchev–Trinajstić information content (AvgIpc) is 2.53. The minimum Gasteiger partial charge on any atom is -0.385 e. The minimum absolute atomic E-state index is 0.0840. The Morgan fingerprint density at radius 1 is 1.14 bits per heavy atom.